The van der Waals surface area contributed by atoms with E-state index in [9.17, 15) is 8.42 Å². The van der Waals surface area contributed by atoms with Crippen molar-refractivity contribution >= 4 is 21.4 Å². The van der Waals surface area contributed by atoms with Crippen molar-refractivity contribution in [1.29, 1.82) is 0 Å². The quantitative estimate of drug-likeness (QED) is 0.804. The highest BCUT2D eigenvalue weighted by Gasteiger charge is 2.16. The molecule has 0 radical (unpaired) electrons. The molecule has 114 valence electrons. The number of sulfonamides is 1. The van der Waals surface area contributed by atoms with Crippen LogP contribution in [-0.4, -0.2) is 24.9 Å². The van der Waals surface area contributed by atoms with Gasteiger partial charge >= 0.3 is 0 Å². The van der Waals surface area contributed by atoms with E-state index in [4.69, 9.17) is 0 Å². The third-order valence-electron chi connectivity index (χ3n) is 2.77. The van der Waals surface area contributed by atoms with E-state index in [0.717, 1.165) is 11.4 Å². The summed E-state index contributed by atoms with van der Waals surface area (Å²) in [6.07, 6.45) is 1.62. The van der Waals surface area contributed by atoms with E-state index in [1.54, 1.807) is 30.6 Å². The topological polar surface area (TPSA) is 84.0 Å². The van der Waals surface area contributed by atoms with Gasteiger partial charge in [0.1, 0.15) is 5.82 Å². The van der Waals surface area contributed by atoms with Crippen LogP contribution in [0.4, 0.5) is 0 Å². The molecule has 0 saturated carbocycles. The Morgan fingerprint density at radius 3 is 2.86 bits per heavy atom. The molecule has 0 spiro atoms. The molecule has 0 aliphatic rings. The van der Waals surface area contributed by atoms with Crippen LogP contribution in [0.25, 0.3) is 0 Å². The largest absolute Gasteiger partial charge is 0.312 e. The number of hydrogen-bond donors (Lipinski definition) is 2. The van der Waals surface area contributed by atoms with E-state index in [1.807, 2.05) is 6.92 Å². The van der Waals surface area contributed by atoms with Gasteiger partial charge in [-0.15, -0.1) is 11.3 Å². The first-order chi connectivity index (χ1) is 10.0. The van der Waals surface area contributed by atoms with Gasteiger partial charge in [0.15, 0.2) is 0 Å². The summed E-state index contributed by atoms with van der Waals surface area (Å²) in [6, 6.07) is 3.39. The number of nitrogens with one attached hydrogen (secondary N) is 2. The van der Waals surface area contributed by atoms with E-state index in [0.29, 0.717) is 23.0 Å². The lowest BCUT2D eigenvalue weighted by molar-refractivity contribution is 0.580. The van der Waals surface area contributed by atoms with Crippen molar-refractivity contribution in [2.75, 3.05) is 6.54 Å². The summed E-state index contributed by atoms with van der Waals surface area (Å²) < 4.78 is 27.0. The van der Waals surface area contributed by atoms with E-state index >= 15 is 0 Å². The molecule has 0 atom stereocenters. The van der Waals surface area contributed by atoms with Crippen molar-refractivity contribution in [3.63, 3.8) is 0 Å². The number of aromatic nitrogens is 2. The lowest BCUT2D eigenvalue weighted by Gasteiger charge is -2.05. The molecular weight excluding hydrogens is 308 g/mol. The van der Waals surface area contributed by atoms with Gasteiger partial charge in [-0.1, -0.05) is 6.92 Å². The SMILES string of the molecule is CCNCc1cc(S(=O)(=O)NCc2ccnc(C)n2)cs1. The van der Waals surface area contributed by atoms with E-state index in [1.165, 1.54) is 11.3 Å². The van der Waals surface area contributed by atoms with Gasteiger partial charge < -0.3 is 5.32 Å². The first-order valence-corrected chi connectivity index (χ1v) is 8.94. The van der Waals surface area contributed by atoms with Gasteiger partial charge in [-0.3, -0.25) is 0 Å². The molecule has 2 aromatic rings. The minimum Gasteiger partial charge on any atom is -0.312 e. The maximum atomic E-state index is 12.2. The van der Waals surface area contributed by atoms with Gasteiger partial charge in [-0.2, -0.15) is 0 Å². The molecule has 2 N–H and O–H groups in total. The molecule has 0 aliphatic heterocycles. The number of rotatable bonds is 7. The maximum absolute atomic E-state index is 12.2. The van der Waals surface area contributed by atoms with Gasteiger partial charge in [0.25, 0.3) is 0 Å². The maximum Gasteiger partial charge on any atom is 0.241 e. The molecule has 0 bridgehead atoms. The Balaban J connectivity index is 2.02. The smallest absolute Gasteiger partial charge is 0.241 e. The Kier molecular flexibility index (Phi) is 5.40. The van der Waals surface area contributed by atoms with Crippen molar-refractivity contribution in [3.05, 3.63) is 40.1 Å². The summed E-state index contributed by atoms with van der Waals surface area (Å²) in [5.41, 5.74) is 0.647. The van der Waals surface area contributed by atoms with Crippen molar-refractivity contribution in [2.45, 2.75) is 31.8 Å². The predicted molar refractivity (Wildman–Crippen MR) is 82.5 cm³/mol. The second-order valence-corrected chi connectivity index (χ2v) is 7.21. The third-order valence-corrected chi connectivity index (χ3v) is 5.23. The van der Waals surface area contributed by atoms with Gasteiger partial charge in [0.2, 0.25) is 10.0 Å². The van der Waals surface area contributed by atoms with E-state index in [2.05, 4.69) is 20.0 Å². The van der Waals surface area contributed by atoms with Crippen LogP contribution in [0.15, 0.2) is 28.6 Å². The normalized spacial score (nSPS) is 11.7. The Labute approximate surface area is 128 Å². The molecule has 2 rings (SSSR count). The minimum atomic E-state index is -3.50. The lowest BCUT2D eigenvalue weighted by Crippen LogP contribution is -2.23. The average Bonchev–Trinajstić information content (AvgIpc) is 2.93. The molecular formula is C13H18N4O2S2. The Bertz CT molecular complexity index is 698. The predicted octanol–water partition coefficient (Wildman–Crippen LogP) is 1.43. The van der Waals surface area contributed by atoms with Crippen LogP contribution in [0.1, 0.15) is 23.3 Å². The van der Waals surface area contributed by atoms with Crippen molar-refractivity contribution in [3.8, 4) is 0 Å². The molecule has 0 aromatic carbocycles. The first-order valence-electron chi connectivity index (χ1n) is 6.57. The van der Waals surface area contributed by atoms with Gasteiger partial charge in [-0.25, -0.2) is 23.1 Å². The number of aryl methyl sites for hydroxylation is 1. The highest BCUT2D eigenvalue weighted by atomic mass is 32.2. The summed E-state index contributed by atoms with van der Waals surface area (Å²) in [5.74, 6) is 0.621. The van der Waals surface area contributed by atoms with Crippen LogP contribution in [0.2, 0.25) is 0 Å². The zero-order chi connectivity index (χ0) is 15.3. The fraction of sp³-hybridized carbons (Fsp3) is 0.385. The number of hydrogen-bond acceptors (Lipinski definition) is 6. The highest BCUT2D eigenvalue weighted by Crippen LogP contribution is 2.19. The van der Waals surface area contributed by atoms with Crippen LogP contribution in [0.3, 0.4) is 0 Å². The summed E-state index contributed by atoms with van der Waals surface area (Å²) in [6.45, 7) is 5.47. The van der Waals surface area contributed by atoms with Crippen LogP contribution in [-0.2, 0) is 23.1 Å². The minimum absolute atomic E-state index is 0.157. The Morgan fingerprint density at radius 1 is 1.33 bits per heavy atom. The van der Waals surface area contributed by atoms with Crippen LogP contribution >= 0.6 is 11.3 Å². The lowest BCUT2D eigenvalue weighted by atomic mass is 10.4. The molecule has 2 heterocycles. The van der Waals surface area contributed by atoms with Crippen molar-refractivity contribution in [1.82, 2.24) is 20.0 Å². The standard InChI is InChI=1S/C13H18N4O2S2/c1-3-14-8-12-6-13(9-20-12)21(18,19)16-7-11-4-5-15-10(2)17-11/h4-6,9,14,16H,3,7-8H2,1-2H3. The first kappa shape index (κ1) is 16.0. The zero-order valence-corrected chi connectivity index (χ0v) is 13.6. The summed E-state index contributed by atoms with van der Waals surface area (Å²) >= 11 is 1.43. The third kappa shape index (κ3) is 4.57. The van der Waals surface area contributed by atoms with Gasteiger partial charge in [-0.05, 0) is 25.6 Å². The zero-order valence-electron chi connectivity index (χ0n) is 12.0. The van der Waals surface area contributed by atoms with Crippen molar-refractivity contribution in [2.24, 2.45) is 0 Å². The monoisotopic (exact) mass is 326 g/mol. The van der Waals surface area contributed by atoms with Gasteiger partial charge in [0.05, 0.1) is 17.1 Å². The fourth-order valence-electron chi connectivity index (χ4n) is 1.70. The molecule has 0 fully saturated rings. The molecule has 6 nitrogen and oxygen atoms in total. The molecule has 0 amide bonds. The van der Waals surface area contributed by atoms with E-state index < -0.39 is 10.0 Å². The molecule has 21 heavy (non-hydrogen) atoms. The molecule has 0 aliphatic carbocycles. The summed E-state index contributed by atoms with van der Waals surface area (Å²) in [4.78, 5) is 9.44. The average molecular weight is 326 g/mol. The fourth-order valence-corrected chi connectivity index (χ4v) is 3.94. The second kappa shape index (κ2) is 7.08. The second-order valence-electron chi connectivity index (χ2n) is 4.45. The highest BCUT2D eigenvalue weighted by molar-refractivity contribution is 7.89. The van der Waals surface area contributed by atoms with Gasteiger partial charge in [0, 0.05) is 23.0 Å². The molecule has 0 unspecified atom stereocenters. The number of nitrogens with zero attached hydrogens (tertiary/aromatic N) is 2. The summed E-state index contributed by atoms with van der Waals surface area (Å²) in [7, 11) is -3.50. The molecule has 0 saturated heterocycles. The van der Waals surface area contributed by atoms with Crippen LogP contribution in [0.5, 0.6) is 0 Å². The van der Waals surface area contributed by atoms with Crippen LogP contribution < -0.4 is 10.0 Å². The Morgan fingerprint density at radius 2 is 2.14 bits per heavy atom. The molecule has 2 aromatic heterocycles. The molecule has 8 heteroatoms. The van der Waals surface area contributed by atoms with Crippen molar-refractivity contribution < 1.29 is 8.42 Å². The summed E-state index contributed by atoms with van der Waals surface area (Å²) in [5, 5.41) is 4.82. The Hall–Kier alpha value is -1.35. The van der Waals surface area contributed by atoms with Crippen LogP contribution in [0, 0.1) is 6.92 Å². The number of thiophene rings is 1. The van der Waals surface area contributed by atoms with E-state index in [-0.39, 0.29) is 6.54 Å².